The van der Waals surface area contributed by atoms with Crippen molar-refractivity contribution in [1.29, 1.82) is 0 Å². The summed E-state index contributed by atoms with van der Waals surface area (Å²) < 4.78 is 38.1. The van der Waals surface area contributed by atoms with E-state index < -0.39 is 11.7 Å². The van der Waals surface area contributed by atoms with Gasteiger partial charge in [-0.05, 0) is 38.0 Å². The number of benzene rings is 1. The number of aryl methyl sites for hydroxylation is 1. The molecular weight excluding hydrogens is 227 g/mol. The Balaban J connectivity index is 2.89. The second-order valence-electron chi connectivity index (χ2n) is 4.36. The van der Waals surface area contributed by atoms with Gasteiger partial charge in [-0.1, -0.05) is 19.4 Å². The quantitative estimate of drug-likeness (QED) is 0.816. The van der Waals surface area contributed by atoms with Gasteiger partial charge in [0.2, 0.25) is 0 Å². The molecule has 17 heavy (non-hydrogen) atoms. The van der Waals surface area contributed by atoms with Gasteiger partial charge < -0.3 is 5.32 Å². The molecule has 0 aliphatic heterocycles. The number of nitrogens with one attached hydrogen (secondary N) is 1. The summed E-state index contributed by atoms with van der Waals surface area (Å²) in [6.07, 6.45) is -2.34. The predicted octanol–water partition coefficient (Wildman–Crippen LogP) is 4.61. The van der Waals surface area contributed by atoms with Crippen LogP contribution in [0.5, 0.6) is 0 Å². The fraction of sp³-hybridized carbons (Fsp3) is 0.538. The van der Waals surface area contributed by atoms with Crippen LogP contribution in [0.4, 0.5) is 18.9 Å². The zero-order valence-electron chi connectivity index (χ0n) is 10.4. The Morgan fingerprint density at radius 3 is 2.47 bits per heavy atom. The molecule has 96 valence electrons. The van der Waals surface area contributed by atoms with Gasteiger partial charge in [0.05, 0.1) is 5.56 Å². The molecule has 0 aromatic heterocycles. The average Bonchev–Trinajstić information content (AvgIpc) is 2.19. The van der Waals surface area contributed by atoms with E-state index in [-0.39, 0.29) is 11.6 Å². The summed E-state index contributed by atoms with van der Waals surface area (Å²) in [6, 6.07) is 4.56. The Morgan fingerprint density at radius 1 is 1.29 bits per heavy atom. The van der Waals surface area contributed by atoms with Crippen molar-refractivity contribution >= 4 is 5.69 Å². The number of hydrogen-bond acceptors (Lipinski definition) is 1. The van der Waals surface area contributed by atoms with Gasteiger partial charge in [0.25, 0.3) is 0 Å². The fourth-order valence-electron chi connectivity index (χ4n) is 1.81. The van der Waals surface area contributed by atoms with Gasteiger partial charge in [-0.3, -0.25) is 0 Å². The van der Waals surface area contributed by atoms with Gasteiger partial charge >= 0.3 is 6.18 Å². The Morgan fingerprint density at radius 2 is 1.94 bits per heavy atom. The number of alkyl halides is 3. The topological polar surface area (TPSA) is 12.0 Å². The molecule has 0 heterocycles. The minimum absolute atomic E-state index is 0.184. The SMILES string of the molecule is CCCC(C)Nc1ccc(C)c(C(F)(F)F)c1. The molecule has 1 nitrogen and oxygen atoms in total. The van der Waals surface area contributed by atoms with Gasteiger partial charge in [-0.25, -0.2) is 0 Å². The van der Waals surface area contributed by atoms with E-state index in [1.807, 2.05) is 6.92 Å². The van der Waals surface area contributed by atoms with E-state index in [1.54, 1.807) is 6.07 Å². The molecule has 0 aliphatic rings. The van der Waals surface area contributed by atoms with Crippen LogP contribution >= 0.6 is 0 Å². The van der Waals surface area contributed by atoms with Crippen molar-refractivity contribution in [2.45, 2.75) is 45.8 Å². The van der Waals surface area contributed by atoms with Crippen molar-refractivity contribution in [2.75, 3.05) is 5.32 Å². The van der Waals surface area contributed by atoms with Crippen molar-refractivity contribution in [1.82, 2.24) is 0 Å². The third kappa shape index (κ3) is 3.95. The maximum absolute atomic E-state index is 12.7. The monoisotopic (exact) mass is 245 g/mol. The lowest BCUT2D eigenvalue weighted by Crippen LogP contribution is -2.15. The molecule has 1 aromatic carbocycles. The first-order valence-corrected chi connectivity index (χ1v) is 5.79. The average molecular weight is 245 g/mol. The molecular formula is C13H18F3N. The summed E-state index contributed by atoms with van der Waals surface area (Å²) in [5.74, 6) is 0. The van der Waals surface area contributed by atoms with Crippen LogP contribution in [-0.2, 0) is 6.18 Å². The fourth-order valence-corrected chi connectivity index (χ4v) is 1.81. The number of anilines is 1. The van der Waals surface area contributed by atoms with Crippen LogP contribution in [0.1, 0.15) is 37.8 Å². The first kappa shape index (κ1) is 13.9. The van der Waals surface area contributed by atoms with E-state index in [1.165, 1.54) is 19.1 Å². The lowest BCUT2D eigenvalue weighted by Gasteiger charge is -2.17. The first-order chi connectivity index (χ1) is 7.84. The van der Waals surface area contributed by atoms with Crippen LogP contribution in [0.15, 0.2) is 18.2 Å². The maximum atomic E-state index is 12.7. The van der Waals surface area contributed by atoms with Gasteiger partial charge in [0.1, 0.15) is 0 Å². The molecule has 1 aromatic rings. The van der Waals surface area contributed by atoms with E-state index in [4.69, 9.17) is 0 Å². The summed E-state index contributed by atoms with van der Waals surface area (Å²) in [5, 5.41) is 3.08. The molecule has 0 fully saturated rings. The Hall–Kier alpha value is -1.19. The second kappa shape index (κ2) is 5.43. The largest absolute Gasteiger partial charge is 0.416 e. The van der Waals surface area contributed by atoms with Crippen LogP contribution < -0.4 is 5.32 Å². The molecule has 0 spiro atoms. The highest BCUT2D eigenvalue weighted by atomic mass is 19.4. The lowest BCUT2D eigenvalue weighted by atomic mass is 10.1. The first-order valence-electron chi connectivity index (χ1n) is 5.79. The third-order valence-electron chi connectivity index (χ3n) is 2.68. The number of hydrogen-bond donors (Lipinski definition) is 1. The third-order valence-corrected chi connectivity index (χ3v) is 2.68. The number of halogens is 3. The molecule has 1 rings (SSSR count). The van der Waals surface area contributed by atoms with Crippen molar-refractivity contribution in [3.05, 3.63) is 29.3 Å². The highest BCUT2D eigenvalue weighted by Crippen LogP contribution is 2.33. The van der Waals surface area contributed by atoms with Gasteiger partial charge in [0.15, 0.2) is 0 Å². The number of rotatable bonds is 4. The van der Waals surface area contributed by atoms with Crippen LogP contribution in [0.25, 0.3) is 0 Å². The van der Waals surface area contributed by atoms with Crippen LogP contribution in [0.3, 0.4) is 0 Å². The molecule has 0 radical (unpaired) electrons. The zero-order chi connectivity index (χ0) is 13.1. The predicted molar refractivity (Wildman–Crippen MR) is 64.2 cm³/mol. The lowest BCUT2D eigenvalue weighted by molar-refractivity contribution is -0.138. The van der Waals surface area contributed by atoms with Crippen molar-refractivity contribution in [3.8, 4) is 0 Å². The van der Waals surface area contributed by atoms with Crippen LogP contribution in [0, 0.1) is 6.92 Å². The summed E-state index contributed by atoms with van der Waals surface area (Å²) in [4.78, 5) is 0. The van der Waals surface area contributed by atoms with Crippen molar-refractivity contribution in [2.24, 2.45) is 0 Å². The van der Waals surface area contributed by atoms with Gasteiger partial charge in [0, 0.05) is 11.7 Å². The molecule has 1 N–H and O–H groups in total. The van der Waals surface area contributed by atoms with Crippen LogP contribution in [-0.4, -0.2) is 6.04 Å². The maximum Gasteiger partial charge on any atom is 0.416 e. The van der Waals surface area contributed by atoms with Crippen molar-refractivity contribution in [3.63, 3.8) is 0 Å². The molecule has 0 bridgehead atoms. The Kier molecular flexibility index (Phi) is 4.43. The highest BCUT2D eigenvalue weighted by molar-refractivity contribution is 5.49. The molecule has 4 heteroatoms. The summed E-state index contributed by atoms with van der Waals surface area (Å²) in [7, 11) is 0. The molecule has 0 saturated carbocycles. The smallest absolute Gasteiger partial charge is 0.383 e. The Bertz CT molecular complexity index is 371. The van der Waals surface area contributed by atoms with Gasteiger partial charge in [-0.15, -0.1) is 0 Å². The normalized spacial score (nSPS) is 13.5. The molecule has 0 aliphatic carbocycles. The van der Waals surface area contributed by atoms with E-state index >= 15 is 0 Å². The van der Waals surface area contributed by atoms with E-state index in [0.29, 0.717) is 5.69 Å². The van der Waals surface area contributed by atoms with Gasteiger partial charge in [-0.2, -0.15) is 13.2 Å². The summed E-state index contributed by atoms with van der Waals surface area (Å²) in [5.41, 5.74) is 0.223. The Labute approximate surface area is 100 Å². The van der Waals surface area contributed by atoms with E-state index in [0.717, 1.165) is 12.8 Å². The minimum atomic E-state index is -4.28. The molecule has 0 saturated heterocycles. The summed E-state index contributed by atoms with van der Waals surface area (Å²) in [6.45, 7) is 5.49. The minimum Gasteiger partial charge on any atom is -0.383 e. The summed E-state index contributed by atoms with van der Waals surface area (Å²) >= 11 is 0. The molecule has 0 amide bonds. The molecule has 1 atom stereocenters. The van der Waals surface area contributed by atoms with Crippen LogP contribution in [0.2, 0.25) is 0 Å². The highest BCUT2D eigenvalue weighted by Gasteiger charge is 2.32. The zero-order valence-corrected chi connectivity index (χ0v) is 10.4. The van der Waals surface area contributed by atoms with E-state index in [2.05, 4.69) is 12.2 Å². The van der Waals surface area contributed by atoms with Crippen molar-refractivity contribution < 1.29 is 13.2 Å². The molecule has 1 unspecified atom stereocenters. The van der Waals surface area contributed by atoms with E-state index in [9.17, 15) is 13.2 Å². The second-order valence-corrected chi connectivity index (χ2v) is 4.36. The standard InChI is InChI=1S/C13H18F3N/c1-4-5-10(3)17-11-7-6-9(2)12(8-11)13(14,15)16/h6-8,10,17H,4-5H2,1-3H3.